The van der Waals surface area contributed by atoms with Crippen LogP contribution in [0.1, 0.15) is 32.3 Å². The highest BCUT2D eigenvalue weighted by molar-refractivity contribution is 5.98. The Morgan fingerprint density at radius 2 is 1.71 bits per heavy atom. The molecule has 0 aliphatic carbocycles. The van der Waals surface area contributed by atoms with E-state index in [9.17, 15) is 13.2 Å². The van der Waals surface area contributed by atoms with Gasteiger partial charge < -0.3 is 4.43 Å². The Kier molecular flexibility index (Phi) is 4.77. The lowest BCUT2D eigenvalue weighted by Crippen LogP contribution is -2.23. The van der Waals surface area contributed by atoms with Crippen LogP contribution in [-0.2, 0) is 10.8 Å². The first-order chi connectivity index (χ1) is 7.85. The first-order valence-corrected chi connectivity index (χ1v) is 6.36. The van der Waals surface area contributed by atoms with E-state index < -0.39 is 17.5 Å². The van der Waals surface area contributed by atoms with Crippen LogP contribution >= 0.6 is 0 Å². The lowest BCUT2D eigenvalue weighted by atomic mass is 9.98. The van der Waals surface area contributed by atoms with Gasteiger partial charge in [0.1, 0.15) is 27.9 Å². The Hall–Kier alpha value is -0.813. The van der Waals surface area contributed by atoms with Crippen molar-refractivity contribution in [3.63, 3.8) is 0 Å². The molecule has 0 atom stereocenters. The van der Waals surface area contributed by atoms with E-state index in [0.29, 0.717) is 35.5 Å². The van der Waals surface area contributed by atoms with Crippen molar-refractivity contribution in [3.8, 4) is 0 Å². The van der Waals surface area contributed by atoms with E-state index >= 15 is 0 Å². The highest BCUT2D eigenvalue weighted by Gasteiger charge is 2.17. The van der Waals surface area contributed by atoms with E-state index in [2.05, 4.69) is 0 Å². The maximum absolute atomic E-state index is 13.3. The van der Waals surface area contributed by atoms with Gasteiger partial charge in [0.2, 0.25) is 0 Å². The molecule has 1 aromatic carbocycles. The van der Waals surface area contributed by atoms with Gasteiger partial charge in [-0.15, -0.1) is 0 Å². The maximum Gasteiger partial charge on any atom is 0.146 e. The van der Waals surface area contributed by atoms with Crippen molar-refractivity contribution in [1.29, 1.82) is 0 Å². The molecule has 0 saturated heterocycles. The zero-order chi connectivity index (χ0) is 13.1. The fraction of sp³-hybridized carbons (Fsp3) is 0.500. The van der Waals surface area contributed by atoms with Gasteiger partial charge in [0.25, 0.3) is 0 Å². The highest BCUT2D eigenvalue weighted by atomic mass is 28.2. The van der Waals surface area contributed by atoms with Crippen LogP contribution < -0.4 is 0 Å². The summed E-state index contributed by atoms with van der Waals surface area (Å²) in [6, 6.07) is 1.43. The summed E-state index contributed by atoms with van der Waals surface area (Å²) >= 11 is 0. The largest absolute Gasteiger partial charge is 0.423 e. The molecule has 0 radical (unpaired) electrons. The smallest absolute Gasteiger partial charge is 0.146 e. The normalized spacial score (nSPS) is 12.1. The molecule has 17 heavy (non-hydrogen) atoms. The molecule has 5 heteroatoms. The number of hydrogen-bond acceptors (Lipinski definition) is 1. The molecule has 0 bridgehead atoms. The standard InChI is InChI=1S/C12H17F3OSi/c1-12(2,16-17)5-3-4-9-10(14)6-8(13)7-11(9)15/h6-7H,3-5H2,1-2,17H3. The van der Waals surface area contributed by atoms with Crippen molar-refractivity contribution in [1.82, 2.24) is 0 Å². The summed E-state index contributed by atoms with van der Waals surface area (Å²) in [7, 11) is 0.632. The average molecular weight is 262 g/mol. The van der Waals surface area contributed by atoms with Crippen LogP contribution in [-0.4, -0.2) is 16.1 Å². The molecule has 0 saturated carbocycles. The summed E-state index contributed by atoms with van der Waals surface area (Å²) < 4.78 is 44.6. The van der Waals surface area contributed by atoms with E-state index in [1.165, 1.54) is 0 Å². The minimum atomic E-state index is -0.882. The molecule has 1 rings (SSSR count). The Balaban J connectivity index is 2.64. The van der Waals surface area contributed by atoms with Gasteiger partial charge in [-0.1, -0.05) is 0 Å². The molecule has 1 aromatic rings. The minimum absolute atomic E-state index is 0.0458. The third kappa shape index (κ3) is 4.16. The number of halogens is 3. The summed E-state index contributed by atoms with van der Waals surface area (Å²) in [5.41, 5.74) is -0.297. The third-order valence-corrected chi connectivity index (χ3v) is 3.97. The van der Waals surface area contributed by atoms with Gasteiger partial charge in [0.15, 0.2) is 0 Å². The predicted molar refractivity (Wildman–Crippen MR) is 64.4 cm³/mol. The fourth-order valence-corrected chi connectivity index (χ4v) is 1.81. The molecule has 0 amide bonds. The van der Waals surface area contributed by atoms with E-state index in [4.69, 9.17) is 4.43 Å². The van der Waals surface area contributed by atoms with Crippen molar-refractivity contribution in [2.75, 3.05) is 0 Å². The van der Waals surface area contributed by atoms with Crippen molar-refractivity contribution in [3.05, 3.63) is 35.1 Å². The lowest BCUT2D eigenvalue weighted by Gasteiger charge is -2.23. The second kappa shape index (κ2) is 5.69. The Morgan fingerprint density at radius 1 is 1.18 bits per heavy atom. The van der Waals surface area contributed by atoms with Gasteiger partial charge in [-0.05, 0) is 33.1 Å². The number of rotatable bonds is 5. The predicted octanol–water partition coefficient (Wildman–Crippen LogP) is 2.50. The van der Waals surface area contributed by atoms with Gasteiger partial charge >= 0.3 is 0 Å². The molecule has 1 nitrogen and oxygen atoms in total. The Labute approximate surface area is 103 Å². The van der Waals surface area contributed by atoms with Crippen LogP contribution in [0.5, 0.6) is 0 Å². The maximum atomic E-state index is 13.3. The van der Waals surface area contributed by atoms with Crippen LogP contribution in [0.25, 0.3) is 0 Å². The van der Waals surface area contributed by atoms with E-state index in [-0.39, 0.29) is 17.6 Å². The molecule has 0 heterocycles. The topological polar surface area (TPSA) is 9.23 Å². The van der Waals surface area contributed by atoms with Crippen molar-refractivity contribution in [2.45, 2.75) is 38.7 Å². The monoisotopic (exact) mass is 262 g/mol. The first kappa shape index (κ1) is 14.2. The quantitative estimate of drug-likeness (QED) is 0.741. The molecule has 0 aliphatic heterocycles. The van der Waals surface area contributed by atoms with Crippen LogP contribution in [0.4, 0.5) is 13.2 Å². The SMILES string of the molecule is CC(C)(CCCc1c(F)cc(F)cc1F)O[SiH3]. The first-order valence-electron chi connectivity index (χ1n) is 5.54. The van der Waals surface area contributed by atoms with Gasteiger partial charge in [-0.2, -0.15) is 0 Å². The van der Waals surface area contributed by atoms with E-state index in [0.717, 1.165) is 0 Å². The van der Waals surface area contributed by atoms with Gasteiger partial charge in [0.05, 0.1) is 0 Å². The van der Waals surface area contributed by atoms with Crippen molar-refractivity contribution < 1.29 is 17.6 Å². The van der Waals surface area contributed by atoms with E-state index in [1.54, 1.807) is 0 Å². The van der Waals surface area contributed by atoms with Crippen LogP contribution in [0.15, 0.2) is 12.1 Å². The van der Waals surface area contributed by atoms with Gasteiger partial charge in [-0.25, -0.2) is 13.2 Å². The van der Waals surface area contributed by atoms with Crippen LogP contribution in [0.2, 0.25) is 0 Å². The Morgan fingerprint density at radius 3 is 2.18 bits per heavy atom. The summed E-state index contributed by atoms with van der Waals surface area (Å²) in [6.45, 7) is 3.88. The average Bonchev–Trinajstić information content (AvgIpc) is 2.22. The summed E-state index contributed by atoms with van der Waals surface area (Å²) in [5, 5.41) is 0. The highest BCUT2D eigenvalue weighted by Crippen LogP contribution is 2.21. The zero-order valence-corrected chi connectivity index (χ0v) is 12.3. The van der Waals surface area contributed by atoms with Crippen LogP contribution in [0.3, 0.4) is 0 Å². The van der Waals surface area contributed by atoms with Crippen molar-refractivity contribution >= 4 is 10.5 Å². The van der Waals surface area contributed by atoms with Gasteiger partial charge in [-0.3, -0.25) is 0 Å². The number of benzene rings is 1. The molecule has 0 N–H and O–H groups in total. The minimum Gasteiger partial charge on any atom is -0.423 e. The molecule has 0 aliphatic rings. The second-order valence-corrected chi connectivity index (χ2v) is 5.07. The zero-order valence-electron chi connectivity index (χ0n) is 10.3. The summed E-state index contributed by atoms with van der Waals surface area (Å²) in [5.74, 6) is -2.51. The summed E-state index contributed by atoms with van der Waals surface area (Å²) in [4.78, 5) is 0. The molecule has 0 spiro atoms. The second-order valence-electron chi connectivity index (χ2n) is 4.67. The molecular weight excluding hydrogens is 245 g/mol. The third-order valence-electron chi connectivity index (χ3n) is 2.86. The molecule has 0 aromatic heterocycles. The molecule has 96 valence electrons. The van der Waals surface area contributed by atoms with Crippen molar-refractivity contribution in [2.24, 2.45) is 0 Å². The lowest BCUT2D eigenvalue weighted by molar-refractivity contribution is 0.110. The molecular formula is C12H17F3OSi. The molecule has 0 fully saturated rings. The molecule has 0 unspecified atom stereocenters. The van der Waals surface area contributed by atoms with Crippen LogP contribution in [0, 0.1) is 17.5 Å². The fourth-order valence-electron chi connectivity index (χ4n) is 1.60. The van der Waals surface area contributed by atoms with E-state index in [1.807, 2.05) is 13.8 Å². The summed E-state index contributed by atoms with van der Waals surface area (Å²) in [6.07, 6.45) is 1.58. The Bertz CT molecular complexity index is 370. The number of hydrogen-bond donors (Lipinski definition) is 0. The van der Waals surface area contributed by atoms with Gasteiger partial charge in [0, 0.05) is 23.3 Å².